The zero-order valence-electron chi connectivity index (χ0n) is 19.0. The van der Waals surface area contributed by atoms with Crippen molar-refractivity contribution in [3.63, 3.8) is 0 Å². The summed E-state index contributed by atoms with van der Waals surface area (Å²) in [5.41, 5.74) is 1.03. The van der Waals surface area contributed by atoms with E-state index in [0.717, 1.165) is 11.1 Å². The molecule has 1 saturated heterocycles. The Morgan fingerprint density at radius 1 is 1.24 bits per heavy atom. The smallest absolute Gasteiger partial charge is 0.312 e. The van der Waals surface area contributed by atoms with Gasteiger partial charge in [-0.2, -0.15) is 0 Å². The molecule has 8 heteroatoms. The maximum Gasteiger partial charge on any atom is 0.312 e. The van der Waals surface area contributed by atoms with E-state index in [2.05, 4.69) is 5.32 Å². The average molecular weight is 450 g/mol. The van der Waals surface area contributed by atoms with Crippen LogP contribution in [0.4, 0.5) is 5.69 Å². The molecule has 0 spiro atoms. The Kier molecular flexibility index (Phi) is 4.84. The molecule has 8 nitrogen and oxygen atoms in total. The number of ether oxygens (including phenoxy) is 3. The van der Waals surface area contributed by atoms with Crippen molar-refractivity contribution in [2.75, 3.05) is 25.6 Å². The van der Waals surface area contributed by atoms with Crippen LogP contribution in [0.5, 0.6) is 11.5 Å². The third-order valence-electron chi connectivity index (χ3n) is 7.06. The van der Waals surface area contributed by atoms with E-state index in [1.54, 1.807) is 50.1 Å². The first-order chi connectivity index (χ1) is 15.8. The molecule has 1 fully saturated rings. The highest BCUT2D eigenvalue weighted by atomic mass is 16.5. The van der Waals surface area contributed by atoms with Gasteiger partial charge in [0.15, 0.2) is 0 Å². The number of aryl methyl sites for hydroxylation is 1. The second kappa shape index (κ2) is 7.50. The van der Waals surface area contributed by atoms with Crippen LogP contribution >= 0.6 is 0 Å². The Morgan fingerprint density at radius 2 is 2.03 bits per heavy atom. The molecule has 172 valence electrons. The van der Waals surface area contributed by atoms with E-state index in [1.165, 1.54) is 0 Å². The molecule has 2 amide bonds. The number of nitrogens with zero attached hydrogens (tertiary/aromatic N) is 1. The van der Waals surface area contributed by atoms with Gasteiger partial charge >= 0.3 is 5.97 Å². The number of hydrogen-bond acceptors (Lipinski definition) is 6. The Labute approximate surface area is 191 Å². The quantitative estimate of drug-likeness (QED) is 0.723. The van der Waals surface area contributed by atoms with E-state index in [4.69, 9.17) is 14.2 Å². The molecule has 2 aromatic carbocycles. The predicted octanol–water partition coefficient (Wildman–Crippen LogP) is 3.10. The number of fused-ring (bicyclic) bond motifs is 6. The van der Waals surface area contributed by atoms with Gasteiger partial charge in [-0.15, -0.1) is 0 Å². The normalized spacial score (nSPS) is 27.3. The van der Waals surface area contributed by atoms with Crippen LogP contribution in [0.3, 0.4) is 0 Å². The molecule has 0 aliphatic carbocycles. The second-order valence-electron chi connectivity index (χ2n) is 8.88. The van der Waals surface area contributed by atoms with E-state index in [0.29, 0.717) is 22.7 Å². The van der Waals surface area contributed by atoms with Crippen LogP contribution < -0.4 is 14.8 Å². The lowest BCUT2D eigenvalue weighted by Crippen LogP contribution is -2.57. The fourth-order valence-corrected chi connectivity index (χ4v) is 5.53. The maximum atomic E-state index is 14.0. The molecule has 0 saturated carbocycles. The molecule has 3 heterocycles. The van der Waals surface area contributed by atoms with Crippen LogP contribution in [0.25, 0.3) is 0 Å². The first-order valence-electron chi connectivity index (χ1n) is 11.0. The Morgan fingerprint density at radius 3 is 2.76 bits per heavy atom. The highest BCUT2D eigenvalue weighted by Gasteiger charge is 2.67. The number of carbonyl (C=O) groups is 3. The van der Waals surface area contributed by atoms with E-state index >= 15 is 0 Å². The number of anilines is 1. The molecule has 1 N–H and O–H groups in total. The zero-order chi connectivity index (χ0) is 23.5. The van der Waals surface area contributed by atoms with Crippen LogP contribution in [-0.2, 0) is 14.3 Å². The van der Waals surface area contributed by atoms with Gasteiger partial charge in [0.25, 0.3) is 11.8 Å². The van der Waals surface area contributed by atoms with Gasteiger partial charge in [-0.05, 0) is 50.6 Å². The van der Waals surface area contributed by atoms with Crippen molar-refractivity contribution in [1.29, 1.82) is 0 Å². The molecule has 0 aromatic heterocycles. The summed E-state index contributed by atoms with van der Waals surface area (Å²) >= 11 is 0. The summed E-state index contributed by atoms with van der Waals surface area (Å²) in [6.45, 7) is 5.61. The molecule has 4 atom stereocenters. The highest BCUT2D eigenvalue weighted by Crippen LogP contribution is 2.57. The summed E-state index contributed by atoms with van der Waals surface area (Å²) in [7, 11) is 1.57. The number of benzene rings is 2. The predicted molar refractivity (Wildman–Crippen MR) is 119 cm³/mol. The molecule has 33 heavy (non-hydrogen) atoms. The Hall–Kier alpha value is -3.55. The summed E-state index contributed by atoms with van der Waals surface area (Å²) < 4.78 is 16.7. The number of amides is 2. The maximum absolute atomic E-state index is 14.0. The SMILES string of the molecule is CCOC(=O)C1C2COc3cc(OC)ccc3C2N2C(=O)c3ccc(C)cc3NC(=O)[C@@]12C. The van der Waals surface area contributed by atoms with Crippen molar-refractivity contribution in [2.45, 2.75) is 32.4 Å². The number of methoxy groups -OCH3 is 1. The van der Waals surface area contributed by atoms with Crippen LogP contribution in [0.2, 0.25) is 0 Å². The van der Waals surface area contributed by atoms with E-state index in [9.17, 15) is 14.4 Å². The monoisotopic (exact) mass is 450 g/mol. The average Bonchev–Trinajstić information content (AvgIpc) is 3.04. The summed E-state index contributed by atoms with van der Waals surface area (Å²) in [5.74, 6) is -1.38. The van der Waals surface area contributed by atoms with Gasteiger partial charge in [0.05, 0.1) is 43.5 Å². The molecule has 5 rings (SSSR count). The van der Waals surface area contributed by atoms with Crippen molar-refractivity contribution in [2.24, 2.45) is 11.8 Å². The van der Waals surface area contributed by atoms with E-state index in [1.807, 2.05) is 19.1 Å². The Bertz CT molecular complexity index is 1180. The molecule has 3 aliphatic heterocycles. The highest BCUT2D eigenvalue weighted by molar-refractivity contribution is 6.13. The molecular weight excluding hydrogens is 424 g/mol. The van der Waals surface area contributed by atoms with Crippen LogP contribution in [0.15, 0.2) is 36.4 Å². The molecule has 3 unspecified atom stereocenters. The summed E-state index contributed by atoms with van der Waals surface area (Å²) in [5, 5.41) is 2.91. The van der Waals surface area contributed by atoms with Crippen molar-refractivity contribution in [3.8, 4) is 11.5 Å². The van der Waals surface area contributed by atoms with E-state index in [-0.39, 0.29) is 19.1 Å². The number of hydrogen-bond donors (Lipinski definition) is 1. The third kappa shape index (κ3) is 2.93. The Balaban J connectivity index is 1.74. The summed E-state index contributed by atoms with van der Waals surface area (Å²) in [4.78, 5) is 42.6. The number of esters is 1. The number of nitrogens with one attached hydrogen (secondary N) is 1. The third-order valence-corrected chi connectivity index (χ3v) is 7.06. The lowest BCUT2D eigenvalue weighted by molar-refractivity contribution is -0.155. The standard InChI is InChI=1S/C25H26N2O6/c1-5-32-23(29)20-17-12-33-19-11-14(31-4)7-9-16(19)21(17)27-22(28)15-8-6-13(2)10-18(15)26-24(30)25(20,27)3/h6-11,17,20-21H,5,12H2,1-4H3,(H,26,30)/t17?,20?,21?,25-/m1/s1. The first-order valence-corrected chi connectivity index (χ1v) is 11.0. The van der Waals surface area contributed by atoms with Gasteiger partial charge in [0, 0.05) is 17.5 Å². The van der Waals surface area contributed by atoms with Crippen molar-refractivity contribution >= 4 is 23.5 Å². The fraction of sp³-hybridized carbons (Fsp3) is 0.400. The number of carbonyl (C=O) groups excluding carboxylic acids is 3. The second-order valence-corrected chi connectivity index (χ2v) is 8.88. The molecule has 0 bridgehead atoms. The van der Waals surface area contributed by atoms with Crippen LogP contribution in [0.1, 0.15) is 41.4 Å². The van der Waals surface area contributed by atoms with Gasteiger partial charge < -0.3 is 24.4 Å². The van der Waals surface area contributed by atoms with Gasteiger partial charge in [0.2, 0.25) is 0 Å². The lowest BCUT2D eigenvalue weighted by Gasteiger charge is -2.38. The lowest BCUT2D eigenvalue weighted by atomic mass is 9.77. The molecule has 0 radical (unpaired) electrons. The van der Waals surface area contributed by atoms with Gasteiger partial charge in [-0.1, -0.05) is 6.07 Å². The molecular formula is C25H26N2O6. The van der Waals surface area contributed by atoms with Gasteiger partial charge in [-0.3, -0.25) is 14.4 Å². The van der Waals surface area contributed by atoms with E-state index < -0.39 is 35.3 Å². The minimum atomic E-state index is -1.46. The fourth-order valence-electron chi connectivity index (χ4n) is 5.53. The van der Waals surface area contributed by atoms with Crippen LogP contribution in [0, 0.1) is 18.8 Å². The van der Waals surface area contributed by atoms with Crippen molar-refractivity contribution in [3.05, 3.63) is 53.1 Å². The zero-order valence-corrected chi connectivity index (χ0v) is 19.0. The largest absolute Gasteiger partial charge is 0.497 e. The summed E-state index contributed by atoms with van der Waals surface area (Å²) in [6, 6.07) is 10.2. The van der Waals surface area contributed by atoms with Gasteiger partial charge in [0.1, 0.15) is 17.0 Å². The summed E-state index contributed by atoms with van der Waals surface area (Å²) in [6.07, 6.45) is 0. The topological polar surface area (TPSA) is 94.2 Å². The molecule has 3 aliphatic rings. The van der Waals surface area contributed by atoms with Gasteiger partial charge in [-0.25, -0.2) is 0 Å². The molecule has 2 aromatic rings. The minimum Gasteiger partial charge on any atom is -0.497 e. The first kappa shape index (κ1) is 21.3. The number of rotatable bonds is 3. The minimum absolute atomic E-state index is 0.168. The van der Waals surface area contributed by atoms with Crippen molar-refractivity contribution in [1.82, 2.24) is 4.90 Å². The van der Waals surface area contributed by atoms with Crippen LogP contribution in [-0.4, -0.2) is 48.5 Å². The van der Waals surface area contributed by atoms with Crippen molar-refractivity contribution < 1.29 is 28.6 Å².